The molecule has 4 aromatic rings. The van der Waals surface area contributed by atoms with Gasteiger partial charge in [0.2, 0.25) is 0 Å². The van der Waals surface area contributed by atoms with Crippen molar-refractivity contribution in [1.82, 2.24) is 0 Å². The maximum atomic E-state index is 6.00. The van der Waals surface area contributed by atoms with E-state index >= 15 is 0 Å². The van der Waals surface area contributed by atoms with Crippen molar-refractivity contribution < 1.29 is 9.15 Å². The summed E-state index contributed by atoms with van der Waals surface area (Å²) in [4.78, 5) is 0. The van der Waals surface area contributed by atoms with Crippen molar-refractivity contribution in [2.24, 2.45) is 0 Å². The maximum Gasteiger partial charge on any atom is 0.136 e. The second kappa shape index (κ2) is 4.57. The van der Waals surface area contributed by atoms with E-state index in [0.717, 1.165) is 43.0 Å². The Morgan fingerprint density at radius 1 is 0.905 bits per heavy atom. The van der Waals surface area contributed by atoms with E-state index in [1.54, 1.807) is 7.11 Å². The fourth-order valence-corrected chi connectivity index (χ4v) is 3.10. The molecule has 0 bridgehead atoms. The molecule has 0 spiro atoms. The molecule has 0 aliphatic carbocycles. The highest BCUT2D eigenvalue weighted by molar-refractivity contribution is 7.72. The zero-order valence-corrected chi connectivity index (χ0v) is 12.2. The molecule has 0 saturated heterocycles. The van der Waals surface area contributed by atoms with Gasteiger partial charge >= 0.3 is 0 Å². The van der Waals surface area contributed by atoms with E-state index in [0.29, 0.717) is 0 Å². The summed E-state index contributed by atoms with van der Waals surface area (Å²) in [6.45, 7) is 0. The maximum absolute atomic E-state index is 6.00. The number of hydrogen-bond donors (Lipinski definition) is 0. The van der Waals surface area contributed by atoms with Gasteiger partial charge in [-0.25, -0.2) is 0 Å². The van der Waals surface area contributed by atoms with Crippen LogP contribution in [0.2, 0.25) is 0 Å². The van der Waals surface area contributed by atoms with Crippen molar-refractivity contribution >= 4 is 44.9 Å². The predicted octanol–water partition coefficient (Wildman–Crippen LogP) is 5.48. The van der Waals surface area contributed by atoms with Crippen LogP contribution in [0.25, 0.3) is 32.7 Å². The molecule has 1 aromatic heterocycles. The Labute approximate surface area is 126 Å². The van der Waals surface area contributed by atoms with E-state index in [9.17, 15) is 0 Å². The molecule has 102 valence electrons. The van der Waals surface area contributed by atoms with Crippen molar-refractivity contribution in [1.29, 1.82) is 0 Å². The lowest BCUT2D eigenvalue weighted by Crippen LogP contribution is -1.85. The Balaban J connectivity index is 2.28. The second-order valence-electron chi connectivity index (χ2n) is 4.95. The van der Waals surface area contributed by atoms with Crippen LogP contribution < -0.4 is 4.74 Å². The Morgan fingerprint density at radius 2 is 1.71 bits per heavy atom. The van der Waals surface area contributed by atoms with Gasteiger partial charge in [-0.05, 0) is 41.1 Å². The molecular formula is C18H12O2S. The van der Waals surface area contributed by atoms with Gasteiger partial charge in [-0.15, -0.1) is 0 Å². The third-order valence-electron chi connectivity index (χ3n) is 3.77. The first-order chi connectivity index (χ1) is 10.3. The molecule has 0 radical (unpaired) electrons. The molecule has 0 amide bonds. The summed E-state index contributed by atoms with van der Waals surface area (Å²) in [7, 11) is 1.67. The molecule has 0 fully saturated rings. The van der Waals surface area contributed by atoms with Crippen molar-refractivity contribution in [3.63, 3.8) is 0 Å². The molecule has 0 unspecified atom stereocenters. The van der Waals surface area contributed by atoms with E-state index < -0.39 is 0 Å². The van der Waals surface area contributed by atoms with E-state index in [1.165, 1.54) is 0 Å². The van der Waals surface area contributed by atoms with Crippen LogP contribution in [0.15, 0.2) is 59.0 Å². The molecule has 0 atom stereocenters. The summed E-state index contributed by atoms with van der Waals surface area (Å²) in [5.41, 5.74) is 1.62. The van der Waals surface area contributed by atoms with Crippen LogP contribution in [0.3, 0.4) is 0 Å². The quantitative estimate of drug-likeness (QED) is 0.263. The minimum absolute atomic E-state index is 0.805. The highest BCUT2D eigenvalue weighted by Crippen LogP contribution is 2.33. The number of rotatable bonds is 1. The molecular weight excluding hydrogens is 280 g/mol. The lowest BCUT2D eigenvalue weighted by atomic mass is 10.0. The van der Waals surface area contributed by atoms with Gasteiger partial charge in [-0.2, -0.15) is 0 Å². The van der Waals surface area contributed by atoms with Gasteiger partial charge in [-0.1, -0.05) is 36.5 Å². The Hall–Kier alpha value is -2.39. The summed E-state index contributed by atoms with van der Waals surface area (Å²) < 4.78 is 12.2. The minimum Gasteiger partial charge on any atom is -0.497 e. The highest BCUT2D eigenvalue weighted by Gasteiger charge is 2.09. The minimum atomic E-state index is 0.805. The number of hydrogen-bond acceptors (Lipinski definition) is 3. The first-order valence-corrected chi connectivity index (χ1v) is 7.11. The molecule has 0 saturated carbocycles. The number of methoxy groups -OCH3 is 1. The zero-order valence-electron chi connectivity index (χ0n) is 11.4. The van der Waals surface area contributed by atoms with Crippen LogP contribution in [0.4, 0.5) is 0 Å². The van der Waals surface area contributed by atoms with Gasteiger partial charge in [0.25, 0.3) is 0 Å². The van der Waals surface area contributed by atoms with Gasteiger partial charge in [0.05, 0.1) is 11.6 Å². The summed E-state index contributed by atoms with van der Waals surface area (Å²) in [6.07, 6.45) is 0. The molecule has 4 rings (SSSR count). The second-order valence-corrected chi connectivity index (χ2v) is 5.36. The van der Waals surface area contributed by atoms with Crippen molar-refractivity contribution in [2.75, 3.05) is 7.11 Å². The topological polar surface area (TPSA) is 22.4 Å². The first kappa shape index (κ1) is 12.4. The Morgan fingerprint density at radius 3 is 2.57 bits per heavy atom. The third kappa shape index (κ3) is 1.82. The first-order valence-electron chi connectivity index (χ1n) is 6.70. The van der Waals surface area contributed by atoms with Crippen LogP contribution >= 0.6 is 12.2 Å². The fraction of sp³-hybridized carbons (Fsp3) is 0.0556. The lowest BCUT2D eigenvalue weighted by molar-refractivity contribution is 0.415. The SMILES string of the molecule is COc1ccc2ccc3oc4ccccc4c(=S)c3c2c1. The van der Waals surface area contributed by atoms with Crippen molar-refractivity contribution in [3.8, 4) is 5.75 Å². The lowest BCUT2D eigenvalue weighted by Gasteiger charge is -2.08. The number of para-hydroxylation sites is 1. The van der Waals surface area contributed by atoms with Gasteiger partial charge in [0, 0.05) is 10.8 Å². The molecule has 1 heterocycles. The Bertz CT molecular complexity index is 1050. The average Bonchev–Trinajstić information content (AvgIpc) is 2.54. The number of ether oxygens (including phenoxy) is 1. The highest BCUT2D eigenvalue weighted by atomic mass is 32.1. The van der Waals surface area contributed by atoms with E-state index in [2.05, 4.69) is 0 Å². The normalized spacial score (nSPS) is 11.3. The van der Waals surface area contributed by atoms with E-state index in [4.69, 9.17) is 21.4 Å². The number of fused-ring (bicyclic) bond motifs is 4. The fourth-order valence-electron chi connectivity index (χ4n) is 2.72. The van der Waals surface area contributed by atoms with Gasteiger partial charge in [0.1, 0.15) is 16.9 Å². The van der Waals surface area contributed by atoms with Crippen molar-refractivity contribution in [2.45, 2.75) is 0 Å². The average molecular weight is 292 g/mol. The van der Waals surface area contributed by atoms with E-state index in [-0.39, 0.29) is 0 Å². The Kier molecular flexibility index (Phi) is 2.69. The van der Waals surface area contributed by atoms with Crippen LogP contribution in [0, 0.1) is 4.51 Å². The predicted molar refractivity (Wildman–Crippen MR) is 88.6 cm³/mol. The molecule has 3 heteroatoms. The molecule has 3 aromatic carbocycles. The summed E-state index contributed by atoms with van der Waals surface area (Å²) >= 11 is 5.70. The number of benzene rings is 3. The standard InChI is InChI=1S/C18H12O2S/c1-19-12-8-6-11-7-9-16-17(14(11)10-12)18(21)13-4-2-3-5-15(13)20-16/h2-10H,1H3. The monoisotopic (exact) mass is 292 g/mol. The van der Waals surface area contributed by atoms with Crippen molar-refractivity contribution in [3.05, 3.63) is 59.1 Å². The molecule has 0 N–H and O–H groups in total. The van der Waals surface area contributed by atoms with Crippen LogP contribution in [0.1, 0.15) is 0 Å². The summed E-state index contributed by atoms with van der Waals surface area (Å²) in [6, 6.07) is 17.9. The molecule has 2 nitrogen and oxygen atoms in total. The molecule has 0 aliphatic heterocycles. The molecule has 21 heavy (non-hydrogen) atoms. The van der Waals surface area contributed by atoms with Crippen LogP contribution in [-0.2, 0) is 0 Å². The molecule has 0 aliphatic rings. The smallest absolute Gasteiger partial charge is 0.136 e. The van der Waals surface area contributed by atoms with Gasteiger partial charge in [0.15, 0.2) is 0 Å². The van der Waals surface area contributed by atoms with Crippen LogP contribution in [0.5, 0.6) is 5.75 Å². The third-order valence-corrected chi connectivity index (χ3v) is 4.19. The van der Waals surface area contributed by atoms with E-state index in [1.807, 2.05) is 54.6 Å². The van der Waals surface area contributed by atoms with Gasteiger partial charge in [-0.3, -0.25) is 0 Å². The largest absolute Gasteiger partial charge is 0.497 e. The summed E-state index contributed by atoms with van der Waals surface area (Å²) in [5, 5.41) is 4.13. The van der Waals surface area contributed by atoms with Crippen LogP contribution in [-0.4, -0.2) is 7.11 Å². The summed E-state index contributed by atoms with van der Waals surface area (Å²) in [5.74, 6) is 0.817. The zero-order chi connectivity index (χ0) is 14.4. The van der Waals surface area contributed by atoms with Gasteiger partial charge < -0.3 is 9.15 Å².